The van der Waals surface area contributed by atoms with E-state index in [2.05, 4.69) is 16.9 Å². The van der Waals surface area contributed by atoms with Crippen LogP contribution >= 0.6 is 0 Å². The van der Waals surface area contributed by atoms with Gasteiger partial charge in [-0.3, -0.25) is 9.78 Å². The molecule has 1 aromatic heterocycles. The maximum absolute atomic E-state index is 13.9. The first-order valence-corrected chi connectivity index (χ1v) is 9.83. The average molecular weight is 367 g/mol. The number of nitrogens with zero attached hydrogens (tertiary/aromatic N) is 3. The molecule has 3 heterocycles. The molecule has 2 aromatic rings. The summed E-state index contributed by atoms with van der Waals surface area (Å²) < 4.78 is 13.9. The van der Waals surface area contributed by atoms with Crippen molar-refractivity contribution >= 4 is 5.91 Å². The van der Waals surface area contributed by atoms with Crippen molar-refractivity contribution in [3.05, 3.63) is 65.7 Å². The Morgan fingerprint density at radius 3 is 2.81 bits per heavy atom. The third kappa shape index (κ3) is 3.61. The number of hydrogen-bond donors (Lipinski definition) is 0. The fourth-order valence-corrected chi connectivity index (χ4v) is 4.77. The molecule has 0 spiro atoms. The van der Waals surface area contributed by atoms with Crippen LogP contribution in [-0.4, -0.2) is 52.9 Å². The van der Waals surface area contributed by atoms with Crippen LogP contribution in [0.1, 0.15) is 47.7 Å². The van der Waals surface area contributed by atoms with Crippen molar-refractivity contribution in [2.75, 3.05) is 20.1 Å². The third-order valence-corrected chi connectivity index (χ3v) is 6.04. The summed E-state index contributed by atoms with van der Waals surface area (Å²) in [5.74, 6) is -0.113. The highest BCUT2D eigenvalue weighted by atomic mass is 19.1. The van der Waals surface area contributed by atoms with Crippen LogP contribution in [0.5, 0.6) is 0 Å². The highest BCUT2D eigenvalue weighted by molar-refractivity contribution is 5.92. The van der Waals surface area contributed by atoms with Gasteiger partial charge in [-0.15, -0.1) is 0 Å². The standard InChI is InChI=1S/C22H26FN3O/c1-25-15-18(16-8-7-9-17(23)14-16)21-20(25)11-3-2-6-13-26(21)22(27)19-10-4-5-12-24-19/h4-5,7-10,12,14,18,20-21H,2-3,6,11,13,15H2,1H3/t18-,20+,21-/m0/s1. The minimum atomic E-state index is -0.216. The summed E-state index contributed by atoms with van der Waals surface area (Å²) in [5.41, 5.74) is 1.47. The van der Waals surface area contributed by atoms with Crippen LogP contribution < -0.4 is 0 Å². The molecule has 0 N–H and O–H groups in total. The molecule has 3 atom stereocenters. The van der Waals surface area contributed by atoms with Crippen LogP contribution in [0.2, 0.25) is 0 Å². The Morgan fingerprint density at radius 1 is 1.15 bits per heavy atom. The van der Waals surface area contributed by atoms with Gasteiger partial charge in [-0.05, 0) is 49.7 Å². The molecule has 4 nitrogen and oxygen atoms in total. The molecule has 142 valence electrons. The summed E-state index contributed by atoms with van der Waals surface area (Å²) in [5, 5.41) is 0. The number of halogens is 1. The van der Waals surface area contributed by atoms with Crippen LogP contribution in [0, 0.1) is 5.82 Å². The van der Waals surface area contributed by atoms with Crippen LogP contribution in [0.25, 0.3) is 0 Å². The number of likely N-dealkylation sites (tertiary alicyclic amines) is 2. The highest BCUT2D eigenvalue weighted by Crippen LogP contribution is 2.38. The second-order valence-electron chi connectivity index (χ2n) is 7.72. The number of aromatic nitrogens is 1. The van der Waals surface area contributed by atoms with Crippen molar-refractivity contribution in [2.24, 2.45) is 0 Å². The first-order valence-electron chi connectivity index (χ1n) is 9.83. The van der Waals surface area contributed by atoms with Crippen LogP contribution in [0.3, 0.4) is 0 Å². The summed E-state index contributed by atoms with van der Waals surface area (Å²) in [6, 6.07) is 12.7. The van der Waals surface area contributed by atoms with Crippen molar-refractivity contribution in [3.8, 4) is 0 Å². The molecule has 2 fully saturated rings. The Labute approximate surface area is 160 Å². The average Bonchev–Trinajstić information content (AvgIpc) is 2.98. The Morgan fingerprint density at radius 2 is 2.04 bits per heavy atom. The summed E-state index contributed by atoms with van der Waals surface area (Å²) in [6.07, 6.45) is 6.04. The van der Waals surface area contributed by atoms with E-state index in [1.807, 2.05) is 23.1 Å². The lowest BCUT2D eigenvalue weighted by Gasteiger charge is -2.38. The molecular formula is C22H26FN3O. The van der Waals surface area contributed by atoms with Gasteiger partial charge in [-0.25, -0.2) is 4.39 Å². The van der Waals surface area contributed by atoms with E-state index in [0.717, 1.165) is 37.9 Å². The van der Waals surface area contributed by atoms with E-state index in [4.69, 9.17) is 0 Å². The van der Waals surface area contributed by atoms with Gasteiger partial charge in [-0.1, -0.05) is 31.0 Å². The van der Waals surface area contributed by atoms with E-state index in [-0.39, 0.29) is 23.7 Å². The fraction of sp³-hybridized carbons (Fsp3) is 0.455. The number of hydrogen-bond acceptors (Lipinski definition) is 3. The number of carbonyl (C=O) groups is 1. The van der Waals surface area contributed by atoms with Crippen molar-refractivity contribution in [1.29, 1.82) is 0 Å². The third-order valence-electron chi connectivity index (χ3n) is 6.04. The van der Waals surface area contributed by atoms with Gasteiger partial charge in [-0.2, -0.15) is 0 Å². The van der Waals surface area contributed by atoms with Gasteiger partial charge < -0.3 is 9.80 Å². The predicted octanol–water partition coefficient (Wildman–Crippen LogP) is 3.70. The molecule has 2 aliphatic rings. The summed E-state index contributed by atoms with van der Waals surface area (Å²) in [7, 11) is 2.13. The minimum absolute atomic E-state index is 0.01000. The highest BCUT2D eigenvalue weighted by Gasteiger charge is 2.45. The molecule has 1 amide bonds. The quantitative estimate of drug-likeness (QED) is 0.812. The monoisotopic (exact) mass is 367 g/mol. The maximum Gasteiger partial charge on any atom is 0.272 e. The number of amides is 1. The molecule has 27 heavy (non-hydrogen) atoms. The normalized spacial score (nSPS) is 26.3. The molecule has 0 aliphatic carbocycles. The smallest absolute Gasteiger partial charge is 0.272 e. The summed E-state index contributed by atoms with van der Waals surface area (Å²) in [6.45, 7) is 1.57. The number of benzene rings is 1. The van der Waals surface area contributed by atoms with Crippen molar-refractivity contribution in [2.45, 2.75) is 43.7 Å². The summed E-state index contributed by atoms with van der Waals surface area (Å²) in [4.78, 5) is 22.0. The Balaban J connectivity index is 1.73. The van der Waals surface area contributed by atoms with E-state index in [1.54, 1.807) is 24.4 Å². The molecule has 0 saturated carbocycles. The van der Waals surface area contributed by atoms with Gasteiger partial charge in [0.05, 0.1) is 6.04 Å². The molecule has 1 aromatic carbocycles. The van der Waals surface area contributed by atoms with Gasteiger partial charge >= 0.3 is 0 Å². The lowest BCUT2D eigenvalue weighted by molar-refractivity contribution is 0.0581. The molecule has 2 aliphatic heterocycles. The lowest BCUT2D eigenvalue weighted by Crippen LogP contribution is -2.50. The van der Waals surface area contributed by atoms with Gasteiger partial charge in [0.2, 0.25) is 0 Å². The molecule has 0 radical (unpaired) electrons. The predicted molar refractivity (Wildman–Crippen MR) is 103 cm³/mol. The molecule has 0 bridgehead atoms. The fourth-order valence-electron chi connectivity index (χ4n) is 4.77. The van der Waals surface area contributed by atoms with Crippen molar-refractivity contribution in [3.63, 3.8) is 0 Å². The Kier molecular flexibility index (Phi) is 5.21. The zero-order valence-electron chi connectivity index (χ0n) is 15.7. The second-order valence-corrected chi connectivity index (χ2v) is 7.72. The lowest BCUT2D eigenvalue weighted by atomic mass is 9.86. The summed E-state index contributed by atoms with van der Waals surface area (Å²) >= 11 is 0. The number of fused-ring (bicyclic) bond motifs is 1. The zero-order valence-corrected chi connectivity index (χ0v) is 15.7. The van der Waals surface area contributed by atoms with Crippen molar-refractivity contribution < 1.29 is 9.18 Å². The van der Waals surface area contributed by atoms with E-state index >= 15 is 0 Å². The van der Waals surface area contributed by atoms with Gasteiger partial charge in [0, 0.05) is 31.2 Å². The van der Waals surface area contributed by atoms with Gasteiger partial charge in [0.1, 0.15) is 11.5 Å². The molecule has 4 rings (SSSR count). The topological polar surface area (TPSA) is 36.4 Å². The van der Waals surface area contributed by atoms with E-state index in [9.17, 15) is 9.18 Å². The van der Waals surface area contributed by atoms with Gasteiger partial charge in [0.25, 0.3) is 5.91 Å². The molecule has 0 unspecified atom stereocenters. The van der Waals surface area contributed by atoms with E-state index in [0.29, 0.717) is 11.7 Å². The minimum Gasteiger partial charge on any atom is -0.332 e. The van der Waals surface area contributed by atoms with Gasteiger partial charge in [0.15, 0.2) is 0 Å². The molecule has 5 heteroatoms. The second kappa shape index (κ2) is 7.77. The largest absolute Gasteiger partial charge is 0.332 e. The first kappa shape index (κ1) is 18.1. The first-order chi connectivity index (χ1) is 13.1. The Hall–Kier alpha value is -2.27. The number of carbonyl (C=O) groups excluding carboxylic acids is 1. The Bertz CT molecular complexity index is 797. The van der Waals surface area contributed by atoms with Crippen LogP contribution in [-0.2, 0) is 0 Å². The van der Waals surface area contributed by atoms with Crippen LogP contribution in [0.4, 0.5) is 4.39 Å². The maximum atomic E-state index is 13.9. The number of likely N-dealkylation sites (N-methyl/N-ethyl adjacent to an activating group) is 1. The zero-order chi connectivity index (χ0) is 18.8. The van der Waals surface area contributed by atoms with Crippen LogP contribution in [0.15, 0.2) is 48.7 Å². The molecule has 2 saturated heterocycles. The van der Waals surface area contributed by atoms with E-state index < -0.39 is 0 Å². The number of rotatable bonds is 2. The molecular weight excluding hydrogens is 341 g/mol. The van der Waals surface area contributed by atoms with E-state index in [1.165, 1.54) is 12.5 Å². The SMILES string of the molecule is CN1C[C@@H](c2cccc(F)c2)[C@H]2[C@H]1CCCCCN2C(=O)c1ccccn1. The number of pyridine rings is 1. The van der Waals surface area contributed by atoms with Crippen molar-refractivity contribution in [1.82, 2.24) is 14.8 Å².